The number of nitro groups is 1. The summed E-state index contributed by atoms with van der Waals surface area (Å²) in [6.45, 7) is 1.97. The molecule has 0 saturated heterocycles. The van der Waals surface area contributed by atoms with E-state index in [0.29, 0.717) is 10.1 Å². The molecule has 0 amide bonds. The number of hydrogen-bond donors (Lipinski definition) is 0. The van der Waals surface area contributed by atoms with Gasteiger partial charge < -0.3 is 4.74 Å². The molecule has 1 aromatic heterocycles. The topological polar surface area (TPSA) is 113 Å². The third kappa shape index (κ3) is 3.54. The lowest BCUT2D eigenvalue weighted by atomic mass is 10.2. The lowest BCUT2D eigenvalue weighted by Crippen LogP contribution is -2.05. The van der Waals surface area contributed by atoms with Gasteiger partial charge in [0, 0.05) is 17.0 Å². The number of rotatable bonds is 5. The minimum Gasteiger partial charge on any atom is -0.465 e. The highest BCUT2D eigenvalue weighted by Crippen LogP contribution is 2.32. The summed E-state index contributed by atoms with van der Waals surface area (Å²) in [6.07, 6.45) is 0. The zero-order valence-corrected chi connectivity index (χ0v) is 14.6. The van der Waals surface area contributed by atoms with Crippen LogP contribution in [0.3, 0.4) is 0 Å². The van der Waals surface area contributed by atoms with Crippen LogP contribution in [0.1, 0.15) is 15.9 Å². The highest BCUT2D eigenvalue weighted by molar-refractivity contribution is 7.99. The van der Waals surface area contributed by atoms with Gasteiger partial charge in [-0.25, -0.2) is 4.79 Å². The normalized spacial score (nSPS) is 10.5. The standard InChI is InChI=1S/C16H13N5O4S/c1-10-3-5-11(6-4-10)20-16(17-18-19-20)26-14-8-7-12(21(23)24)9-13(14)15(22)25-2/h3-9H,1-2H3. The molecule has 3 aromatic rings. The van der Waals surface area contributed by atoms with Gasteiger partial charge in [-0.05, 0) is 47.3 Å². The van der Waals surface area contributed by atoms with Gasteiger partial charge in [-0.1, -0.05) is 17.7 Å². The molecule has 0 saturated carbocycles. The second-order valence-electron chi connectivity index (χ2n) is 5.24. The second kappa shape index (κ2) is 7.31. The summed E-state index contributed by atoms with van der Waals surface area (Å²) >= 11 is 1.11. The van der Waals surface area contributed by atoms with E-state index in [9.17, 15) is 14.9 Å². The Kier molecular flexibility index (Phi) is 4.94. The zero-order chi connectivity index (χ0) is 18.7. The number of aryl methyl sites for hydroxylation is 1. The number of methoxy groups -OCH3 is 1. The van der Waals surface area contributed by atoms with E-state index >= 15 is 0 Å². The summed E-state index contributed by atoms with van der Waals surface area (Å²) in [6, 6.07) is 11.6. The van der Waals surface area contributed by atoms with Crippen LogP contribution in [-0.2, 0) is 4.74 Å². The molecule has 1 heterocycles. The number of carbonyl (C=O) groups excluding carboxylic acids is 1. The van der Waals surface area contributed by atoms with Crippen LogP contribution in [0, 0.1) is 17.0 Å². The van der Waals surface area contributed by atoms with Gasteiger partial charge in [0.05, 0.1) is 23.3 Å². The molecule has 0 radical (unpaired) electrons. The van der Waals surface area contributed by atoms with Crippen LogP contribution in [-0.4, -0.2) is 38.2 Å². The molecule has 0 aliphatic heterocycles. The predicted octanol–water partition coefficient (Wildman–Crippen LogP) is 2.82. The molecule has 0 unspecified atom stereocenters. The molecule has 132 valence electrons. The Bertz CT molecular complexity index is 971. The van der Waals surface area contributed by atoms with Crippen molar-refractivity contribution in [3.63, 3.8) is 0 Å². The first-order chi connectivity index (χ1) is 12.5. The highest BCUT2D eigenvalue weighted by atomic mass is 32.2. The number of carbonyl (C=O) groups is 1. The maximum absolute atomic E-state index is 12.0. The van der Waals surface area contributed by atoms with Gasteiger partial charge in [-0.2, -0.15) is 4.68 Å². The first-order valence-corrected chi connectivity index (χ1v) is 8.21. The number of tetrazole rings is 1. The van der Waals surface area contributed by atoms with E-state index in [4.69, 9.17) is 4.74 Å². The summed E-state index contributed by atoms with van der Waals surface area (Å²) in [5.41, 5.74) is 1.72. The molecule has 0 N–H and O–H groups in total. The molecule has 2 aromatic carbocycles. The molecule has 0 atom stereocenters. The number of aromatic nitrogens is 4. The summed E-state index contributed by atoms with van der Waals surface area (Å²) in [4.78, 5) is 22.9. The number of benzene rings is 2. The third-order valence-electron chi connectivity index (χ3n) is 3.50. The summed E-state index contributed by atoms with van der Waals surface area (Å²) in [5, 5.41) is 23.0. The van der Waals surface area contributed by atoms with Crippen LogP contribution >= 0.6 is 11.8 Å². The zero-order valence-electron chi connectivity index (χ0n) is 13.8. The van der Waals surface area contributed by atoms with E-state index in [0.717, 1.165) is 23.0 Å². The molecule has 26 heavy (non-hydrogen) atoms. The van der Waals surface area contributed by atoms with E-state index in [1.807, 2.05) is 31.2 Å². The van der Waals surface area contributed by atoms with Gasteiger partial charge in [0.25, 0.3) is 5.69 Å². The molecule has 0 aliphatic rings. The number of non-ortho nitro benzene ring substituents is 1. The molecule has 0 fully saturated rings. The fourth-order valence-corrected chi connectivity index (χ4v) is 3.07. The monoisotopic (exact) mass is 371 g/mol. The highest BCUT2D eigenvalue weighted by Gasteiger charge is 2.20. The summed E-state index contributed by atoms with van der Waals surface area (Å²) in [5.74, 6) is -0.675. The lowest BCUT2D eigenvalue weighted by Gasteiger charge is -2.08. The lowest BCUT2D eigenvalue weighted by molar-refractivity contribution is -0.384. The Balaban J connectivity index is 2.00. The Morgan fingerprint density at radius 1 is 1.23 bits per heavy atom. The van der Waals surface area contributed by atoms with Crippen molar-refractivity contribution in [1.82, 2.24) is 20.2 Å². The molecule has 0 aliphatic carbocycles. The van der Waals surface area contributed by atoms with Gasteiger partial charge in [0.15, 0.2) is 0 Å². The van der Waals surface area contributed by atoms with Crippen LogP contribution in [0.15, 0.2) is 52.5 Å². The first-order valence-electron chi connectivity index (χ1n) is 7.39. The van der Waals surface area contributed by atoms with Gasteiger partial charge in [-0.15, -0.1) is 5.10 Å². The van der Waals surface area contributed by atoms with Crippen LogP contribution in [0.5, 0.6) is 0 Å². The first kappa shape index (κ1) is 17.5. The van der Waals surface area contributed by atoms with Crippen molar-refractivity contribution in [1.29, 1.82) is 0 Å². The van der Waals surface area contributed by atoms with E-state index < -0.39 is 10.9 Å². The minimum absolute atomic E-state index is 0.0742. The van der Waals surface area contributed by atoms with Gasteiger partial charge >= 0.3 is 5.97 Å². The van der Waals surface area contributed by atoms with Crippen molar-refractivity contribution in [2.45, 2.75) is 17.0 Å². The average molecular weight is 371 g/mol. The minimum atomic E-state index is -0.675. The maximum Gasteiger partial charge on any atom is 0.339 e. The van der Waals surface area contributed by atoms with E-state index in [2.05, 4.69) is 15.5 Å². The second-order valence-corrected chi connectivity index (χ2v) is 6.25. The Labute approximate surface area is 152 Å². The average Bonchev–Trinajstić information content (AvgIpc) is 3.10. The quantitative estimate of drug-likeness (QED) is 0.382. The molecule has 9 nitrogen and oxygen atoms in total. The van der Waals surface area contributed by atoms with Crippen molar-refractivity contribution in [2.24, 2.45) is 0 Å². The largest absolute Gasteiger partial charge is 0.465 e. The molecular weight excluding hydrogens is 358 g/mol. The third-order valence-corrected chi connectivity index (χ3v) is 4.51. The molecule has 10 heteroatoms. The number of ether oxygens (including phenoxy) is 1. The van der Waals surface area contributed by atoms with Crippen LogP contribution in [0.25, 0.3) is 5.69 Å². The van der Waals surface area contributed by atoms with E-state index in [1.165, 1.54) is 30.0 Å². The Hall–Kier alpha value is -3.27. The van der Waals surface area contributed by atoms with Crippen LogP contribution < -0.4 is 0 Å². The fourth-order valence-electron chi connectivity index (χ4n) is 2.18. The number of hydrogen-bond acceptors (Lipinski definition) is 8. The number of esters is 1. The SMILES string of the molecule is COC(=O)c1cc([N+](=O)[O-])ccc1Sc1nnnn1-c1ccc(C)cc1. The van der Waals surface area contributed by atoms with Gasteiger partial charge in [-0.3, -0.25) is 10.1 Å². The van der Waals surface area contributed by atoms with Gasteiger partial charge in [0.2, 0.25) is 5.16 Å². The van der Waals surface area contributed by atoms with Crippen LogP contribution in [0.2, 0.25) is 0 Å². The van der Waals surface area contributed by atoms with E-state index in [-0.39, 0.29) is 11.3 Å². The Morgan fingerprint density at radius 2 is 1.96 bits per heavy atom. The summed E-state index contributed by atoms with van der Waals surface area (Å²) in [7, 11) is 1.21. The predicted molar refractivity (Wildman–Crippen MR) is 92.4 cm³/mol. The van der Waals surface area contributed by atoms with Gasteiger partial charge in [0.1, 0.15) is 0 Å². The van der Waals surface area contributed by atoms with Crippen molar-refractivity contribution < 1.29 is 14.5 Å². The molecule has 0 bridgehead atoms. The van der Waals surface area contributed by atoms with Crippen molar-refractivity contribution in [2.75, 3.05) is 7.11 Å². The molecule has 3 rings (SSSR count). The number of nitrogens with zero attached hydrogens (tertiary/aromatic N) is 5. The van der Waals surface area contributed by atoms with Crippen LogP contribution in [0.4, 0.5) is 5.69 Å². The smallest absolute Gasteiger partial charge is 0.339 e. The fraction of sp³-hybridized carbons (Fsp3) is 0.125. The molecule has 0 spiro atoms. The Morgan fingerprint density at radius 3 is 2.62 bits per heavy atom. The van der Waals surface area contributed by atoms with Crippen molar-refractivity contribution in [3.05, 3.63) is 63.7 Å². The van der Waals surface area contributed by atoms with Crippen molar-refractivity contribution >= 4 is 23.4 Å². The van der Waals surface area contributed by atoms with E-state index in [1.54, 1.807) is 0 Å². The maximum atomic E-state index is 12.0. The number of nitro benzene ring substituents is 1. The summed E-state index contributed by atoms with van der Waals surface area (Å²) < 4.78 is 6.25. The molecular formula is C16H13N5O4S. The van der Waals surface area contributed by atoms with Crippen molar-refractivity contribution in [3.8, 4) is 5.69 Å².